The second kappa shape index (κ2) is 7.49. The van der Waals surface area contributed by atoms with Gasteiger partial charge in [0.1, 0.15) is 6.04 Å². The zero-order valence-corrected chi connectivity index (χ0v) is 13.8. The Bertz CT molecular complexity index is 606. The number of carbonyl (C=O) groups excluding carboxylic acids is 1. The summed E-state index contributed by atoms with van der Waals surface area (Å²) in [4.78, 5) is 12.9. The van der Waals surface area contributed by atoms with E-state index < -0.39 is 0 Å². The van der Waals surface area contributed by atoms with Crippen molar-refractivity contribution in [2.75, 3.05) is 0 Å². The Labute approximate surface area is 138 Å². The van der Waals surface area contributed by atoms with E-state index >= 15 is 0 Å². The van der Waals surface area contributed by atoms with E-state index in [2.05, 4.69) is 24.4 Å². The molecule has 0 radical (unpaired) electrons. The lowest BCUT2D eigenvalue weighted by Gasteiger charge is -2.31. The van der Waals surface area contributed by atoms with Crippen LogP contribution < -0.4 is 5.32 Å². The van der Waals surface area contributed by atoms with Gasteiger partial charge >= 0.3 is 0 Å². The van der Waals surface area contributed by atoms with Gasteiger partial charge in [-0.3, -0.25) is 4.79 Å². The molecule has 1 aromatic carbocycles. The Kier molecular flexibility index (Phi) is 5.16. The largest absolute Gasteiger partial charge is 0.351 e. The van der Waals surface area contributed by atoms with Gasteiger partial charge < -0.3 is 9.88 Å². The predicted molar refractivity (Wildman–Crippen MR) is 93.2 cm³/mol. The van der Waals surface area contributed by atoms with Crippen LogP contribution in [0.15, 0.2) is 54.9 Å². The SMILES string of the molecule is C[C@H]1CCCC[C@H]1NC(=O)[C@@H](Cc1ccccc1)n1cccc1. The van der Waals surface area contributed by atoms with Gasteiger partial charge in [0, 0.05) is 24.9 Å². The molecule has 1 aromatic heterocycles. The number of aromatic nitrogens is 1. The molecule has 0 aliphatic heterocycles. The van der Waals surface area contributed by atoms with E-state index in [0.29, 0.717) is 12.0 Å². The molecule has 0 saturated heterocycles. The standard InChI is InChI=1S/C20H26N2O/c1-16-9-5-6-12-18(16)21-20(23)19(22-13-7-8-14-22)15-17-10-3-2-4-11-17/h2-4,7-8,10-11,13-14,16,18-19H,5-6,9,12,15H2,1H3,(H,21,23)/t16-,18+,19+/m0/s1. The van der Waals surface area contributed by atoms with Crippen molar-refractivity contribution in [3.63, 3.8) is 0 Å². The molecule has 3 rings (SSSR count). The molecule has 2 aromatic rings. The lowest BCUT2D eigenvalue weighted by atomic mass is 9.85. The number of nitrogens with zero attached hydrogens (tertiary/aromatic N) is 1. The molecule has 1 N–H and O–H groups in total. The predicted octanol–water partition coefficient (Wildman–Crippen LogP) is 3.97. The molecule has 0 unspecified atom stereocenters. The highest BCUT2D eigenvalue weighted by Gasteiger charge is 2.27. The highest BCUT2D eigenvalue weighted by Crippen LogP contribution is 2.25. The van der Waals surface area contributed by atoms with Crippen molar-refractivity contribution in [2.24, 2.45) is 5.92 Å². The minimum Gasteiger partial charge on any atom is -0.351 e. The molecular weight excluding hydrogens is 284 g/mol. The normalized spacial score (nSPS) is 22.5. The van der Waals surface area contributed by atoms with Gasteiger partial charge in [0.05, 0.1) is 0 Å². The van der Waals surface area contributed by atoms with Gasteiger partial charge in [0.2, 0.25) is 5.91 Å². The van der Waals surface area contributed by atoms with Crippen molar-refractivity contribution in [3.8, 4) is 0 Å². The molecule has 1 fully saturated rings. The number of carbonyl (C=O) groups is 1. The van der Waals surface area contributed by atoms with Crippen LogP contribution in [0.25, 0.3) is 0 Å². The Morgan fingerprint density at radius 2 is 1.83 bits per heavy atom. The maximum Gasteiger partial charge on any atom is 0.243 e. The first-order valence-electron chi connectivity index (χ1n) is 8.71. The molecule has 0 bridgehead atoms. The fraction of sp³-hybridized carbons (Fsp3) is 0.450. The molecule has 3 atom stereocenters. The van der Waals surface area contributed by atoms with E-state index in [1.165, 1.54) is 24.8 Å². The molecule has 1 saturated carbocycles. The molecule has 1 amide bonds. The van der Waals surface area contributed by atoms with Crippen molar-refractivity contribution in [2.45, 2.75) is 51.1 Å². The Hall–Kier alpha value is -2.03. The average Bonchev–Trinajstić information content (AvgIpc) is 3.10. The first kappa shape index (κ1) is 15.9. The molecule has 3 heteroatoms. The van der Waals surface area contributed by atoms with Crippen molar-refractivity contribution < 1.29 is 4.79 Å². The van der Waals surface area contributed by atoms with Gasteiger partial charge in [-0.05, 0) is 36.5 Å². The lowest BCUT2D eigenvalue weighted by Crippen LogP contribution is -2.44. The second-order valence-electron chi connectivity index (χ2n) is 6.71. The molecule has 0 spiro atoms. The van der Waals surface area contributed by atoms with Crippen LogP contribution in [0, 0.1) is 5.92 Å². The third kappa shape index (κ3) is 4.04. The highest BCUT2D eigenvalue weighted by molar-refractivity contribution is 5.81. The molecular formula is C20H26N2O. The Balaban J connectivity index is 1.73. The smallest absolute Gasteiger partial charge is 0.243 e. The number of amides is 1. The van der Waals surface area contributed by atoms with Crippen LogP contribution in [0.4, 0.5) is 0 Å². The monoisotopic (exact) mass is 310 g/mol. The van der Waals surface area contributed by atoms with Crippen LogP contribution in [0.1, 0.15) is 44.2 Å². The summed E-state index contributed by atoms with van der Waals surface area (Å²) in [5.74, 6) is 0.721. The number of hydrogen-bond acceptors (Lipinski definition) is 1. The quantitative estimate of drug-likeness (QED) is 0.891. The van der Waals surface area contributed by atoms with Gasteiger partial charge in [0.15, 0.2) is 0 Å². The van der Waals surface area contributed by atoms with E-state index in [4.69, 9.17) is 0 Å². The summed E-state index contributed by atoms with van der Waals surface area (Å²) < 4.78 is 2.02. The minimum absolute atomic E-state index is 0.142. The zero-order valence-electron chi connectivity index (χ0n) is 13.8. The molecule has 122 valence electrons. The zero-order chi connectivity index (χ0) is 16.1. The van der Waals surface area contributed by atoms with Crippen LogP contribution in [0.3, 0.4) is 0 Å². The number of hydrogen-bond donors (Lipinski definition) is 1. The summed E-state index contributed by atoms with van der Waals surface area (Å²) in [6.07, 6.45) is 9.53. The fourth-order valence-corrected chi connectivity index (χ4v) is 3.54. The number of nitrogens with one attached hydrogen (secondary N) is 1. The maximum absolute atomic E-state index is 12.9. The van der Waals surface area contributed by atoms with E-state index in [9.17, 15) is 4.79 Å². The van der Waals surface area contributed by atoms with Crippen molar-refractivity contribution >= 4 is 5.91 Å². The Morgan fingerprint density at radius 3 is 2.52 bits per heavy atom. The van der Waals surface area contributed by atoms with Crippen LogP contribution in [-0.2, 0) is 11.2 Å². The van der Waals surface area contributed by atoms with Crippen LogP contribution in [0.5, 0.6) is 0 Å². The first-order chi connectivity index (χ1) is 11.2. The van der Waals surface area contributed by atoms with Crippen molar-refractivity contribution in [3.05, 3.63) is 60.4 Å². The summed E-state index contributed by atoms with van der Waals surface area (Å²) in [5.41, 5.74) is 1.19. The molecule has 1 heterocycles. The van der Waals surface area contributed by atoms with Crippen LogP contribution in [-0.4, -0.2) is 16.5 Å². The third-order valence-corrected chi connectivity index (χ3v) is 5.00. The van der Waals surface area contributed by atoms with E-state index in [-0.39, 0.29) is 11.9 Å². The first-order valence-corrected chi connectivity index (χ1v) is 8.71. The lowest BCUT2D eigenvalue weighted by molar-refractivity contribution is -0.125. The van der Waals surface area contributed by atoms with Crippen LogP contribution in [0.2, 0.25) is 0 Å². The topological polar surface area (TPSA) is 34.0 Å². The highest BCUT2D eigenvalue weighted by atomic mass is 16.2. The van der Waals surface area contributed by atoms with Gasteiger partial charge in [-0.2, -0.15) is 0 Å². The van der Waals surface area contributed by atoms with Crippen molar-refractivity contribution in [1.82, 2.24) is 9.88 Å². The summed E-state index contributed by atoms with van der Waals surface area (Å²) in [6, 6.07) is 14.4. The molecule has 1 aliphatic rings. The van der Waals surface area contributed by atoms with Crippen LogP contribution >= 0.6 is 0 Å². The average molecular weight is 310 g/mol. The Morgan fingerprint density at radius 1 is 1.13 bits per heavy atom. The van der Waals surface area contributed by atoms with E-state index in [1.807, 2.05) is 47.3 Å². The van der Waals surface area contributed by atoms with Gasteiger partial charge in [-0.25, -0.2) is 0 Å². The summed E-state index contributed by atoms with van der Waals surface area (Å²) in [6.45, 7) is 2.26. The number of rotatable bonds is 5. The molecule has 23 heavy (non-hydrogen) atoms. The third-order valence-electron chi connectivity index (χ3n) is 5.00. The fourth-order valence-electron chi connectivity index (χ4n) is 3.54. The van der Waals surface area contributed by atoms with E-state index in [0.717, 1.165) is 12.8 Å². The summed E-state index contributed by atoms with van der Waals surface area (Å²) >= 11 is 0. The van der Waals surface area contributed by atoms with E-state index in [1.54, 1.807) is 0 Å². The molecule has 1 aliphatic carbocycles. The van der Waals surface area contributed by atoms with Gasteiger partial charge in [-0.15, -0.1) is 0 Å². The van der Waals surface area contributed by atoms with Gasteiger partial charge in [-0.1, -0.05) is 50.1 Å². The van der Waals surface area contributed by atoms with Gasteiger partial charge in [0.25, 0.3) is 0 Å². The summed E-state index contributed by atoms with van der Waals surface area (Å²) in [5, 5.41) is 3.32. The van der Waals surface area contributed by atoms with Crippen molar-refractivity contribution in [1.29, 1.82) is 0 Å². The maximum atomic E-state index is 12.9. The summed E-state index contributed by atoms with van der Waals surface area (Å²) in [7, 11) is 0. The second-order valence-corrected chi connectivity index (χ2v) is 6.71. The minimum atomic E-state index is -0.179. The number of benzene rings is 1. The molecule has 3 nitrogen and oxygen atoms in total.